The molecule has 0 aliphatic carbocycles. The number of nitrogens with zero attached hydrogens (tertiary/aromatic N) is 1. The summed E-state index contributed by atoms with van der Waals surface area (Å²) >= 11 is 0. The van der Waals surface area contributed by atoms with Crippen LogP contribution in [0.3, 0.4) is 0 Å². The van der Waals surface area contributed by atoms with Crippen molar-refractivity contribution in [2.45, 2.75) is 32.2 Å². The maximum atomic E-state index is 12.0. The van der Waals surface area contributed by atoms with E-state index in [0.29, 0.717) is 19.7 Å². The second-order valence-corrected chi connectivity index (χ2v) is 5.16. The summed E-state index contributed by atoms with van der Waals surface area (Å²) in [7, 11) is 0. The highest BCUT2D eigenvalue weighted by molar-refractivity contribution is 5.79. The molecule has 1 atom stereocenters. The van der Waals surface area contributed by atoms with Crippen LogP contribution in [-0.2, 0) is 9.53 Å². The van der Waals surface area contributed by atoms with E-state index >= 15 is 0 Å². The van der Waals surface area contributed by atoms with Crippen molar-refractivity contribution in [3.8, 4) is 0 Å². The summed E-state index contributed by atoms with van der Waals surface area (Å²) in [5, 5.41) is 6.29. The van der Waals surface area contributed by atoms with Crippen LogP contribution in [0.2, 0.25) is 0 Å². The van der Waals surface area contributed by atoms with Crippen LogP contribution >= 0.6 is 0 Å². The third-order valence-corrected chi connectivity index (χ3v) is 3.80. The minimum Gasteiger partial charge on any atom is -0.450 e. The Balaban J connectivity index is 1.71. The van der Waals surface area contributed by atoms with E-state index in [1.54, 1.807) is 11.8 Å². The number of amides is 2. The highest BCUT2D eigenvalue weighted by Gasteiger charge is 2.28. The quantitative estimate of drug-likeness (QED) is 0.775. The van der Waals surface area contributed by atoms with Gasteiger partial charge in [-0.25, -0.2) is 4.79 Å². The summed E-state index contributed by atoms with van der Waals surface area (Å²) in [5.74, 6) is 0.266. The van der Waals surface area contributed by atoms with Crippen molar-refractivity contribution < 1.29 is 14.3 Å². The monoisotopic (exact) mass is 269 g/mol. The van der Waals surface area contributed by atoms with Crippen LogP contribution in [0.1, 0.15) is 26.2 Å². The maximum absolute atomic E-state index is 12.0. The van der Waals surface area contributed by atoms with E-state index in [2.05, 4.69) is 10.6 Å². The lowest BCUT2D eigenvalue weighted by atomic mass is 10.0. The number of ether oxygens (including phenoxy) is 1. The van der Waals surface area contributed by atoms with Crippen molar-refractivity contribution in [3.05, 3.63) is 0 Å². The largest absolute Gasteiger partial charge is 0.450 e. The second kappa shape index (κ2) is 6.75. The summed E-state index contributed by atoms with van der Waals surface area (Å²) in [4.78, 5) is 25.2. The van der Waals surface area contributed by atoms with E-state index in [1.807, 2.05) is 0 Å². The van der Waals surface area contributed by atoms with Gasteiger partial charge in [-0.3, -0.25) is 4.79 Å². The van der Waals surface area contributed by atoms with Gasteiger partial charge in [0.2, 0.25) is 5.91 Å². The minimum absolute atomic E-state index is 0.114. The van der Waals surface area contributed by atoms with Crippen molar-refractivity contribution in [2.75, 3.05) is 32.8 Å². The van der Waals surface area contributed by atoms with E-state index in [4.69, 9.17) is 4.74 Å². The third kappa shape index (κ3) is 3.83. The predicted molar refractivity (Wildman–Crippen MR) is 70.7 cm³/mol. The van der Waals surface area contributed by atoms with Crippen molar-refractivity contribution in [1.82, 2.24) is 15.5 Å². The molecule has 2 amide bonds. The molecule has 2 aliphatic rings. The number of hydrogen-bond donors (Lipinski definition) is 2. The van der Waals surface area contributed by atoms with Crippen molar-refractivity contribution in [1.29, 1.82) is 0 Å². The van der Waals surface area contributed by atoms with Gasteiger partial charge >= 0.3 is 6.09 Å². The Hall–Kier alpha value is -1.30. The molecule has 2 N–H and O–H groups in total. The van der Waals surface area contributed by atoms with Gasteiger partial charge in [0.25, 0.3) is 0 Å². The number of carbonyl (C=O) groups excluding carboxylic acids is 2. The summed E-state index contributed by atoms with van der Waals surface area (Å²) in [6.07, 6.45) is 2.30. The fraction of sp³-hybridized carbons (Fsp3) is 0.846. The van der Waals surface area contributed by atoms with Crippen molar-refractivity contribution in [2.24, 2.45) is 5.92 Å². The Morgan fingerprint density at radius 2 is 2.05 bits per heavy atom. The molecule has 19 heavy (non-hydrogen) atoms. The summed E-state index contributed by atoms with van der Waals surface area (Å²) in [5.41, 5.74) is 0. The fourth-order valence-electron chi connectivity index (χ4n) is 2.62. The van der Waals surface area contributed by atoms with Gasteiger partial charge in [0, 0.05) is 25.7 Å². The van der Waals surface area contributed by atoms with Gasteiger partial charge in [0.15, 0.2) is 0 Å². The van der Waals surface area contributed by atoms with E-state index in [0.717, 1.165) is 32.4 Å². The summed E-state index contributed by atoms with van der Waals surface area (Å²) in [6.45, 7) is 5.25. The zero-order chi connectivity index (χ0) is 13.7. The molecule has 0 radical (unpaired) electrons. The van der Waals surface area contributed by atoms with Crippen molar-refractivity contribution in [3.63, 3.8) is 0 Å². The number of likely N-dealkylation sites (tertiary alicyclic amines) is 1. The molecule has 0 saturated carbocycles. The first kappa shape index (κ1) is 14.1. The van der Waals surface area contributed by atoms with Gasteiger partial charge < -0.3 is 20.3 Å². The Bertz CT molecular complexity index is 321. The molecule has 2 fully saturated rings. The molecule has 2 aliphatic heterocycles. The lowest BCUT2D eigenvalue weighted by molar-refractivity contribution is -0.125. The van der Waals surface area contributed by atoms with E-state index < -0.39 is 0 Å². The van der Waals surface area contributed by atoms with E-state index in [9.17, 15) is 9.59 Å². The van der Waals surface area contributed by atoms with Gasteiger partial charge in [-0.2, -0.15) is 0 Å². The van der Waals surface area contributed by atoms with Crippen LogP contribution in [0.25, 0.3) is 0 Å². The highest BCUT2D eigenvalue weighted by atomic mass is 16.6. The number of piperidine rings is 1. The Morgan fingerprint density at radius 1 is 1.32 bits per heavy atom. The van der Waals surface area contributed by atoms with Crippen LogP contribution in [-0.4, -0.2) is 55.7 Å². The first-order chi connectivity index (χ1) is 9.20. The Morgan fingerprint density at radius 3 is 2.63 bits per heavy atom. The standard InChI is InChI=1S/C13H23N3O3/c1-2-19-13(18)16-7-4-11(5-8-16)15-12(17)10-3-6-14-9-10/h10-11,14H,2-9H2,1H3,(H,15,17). The number of nitrogens with one attached hydrogen (secondary N) is 2. The van der Waals surface area contributed by atoms with Crippen molar-refractivity contribution >= 4 is 12.0 Å². The molecule has 0 aromatic rings. The predicted octanol–water partition coefficient (Wildman–Crippen LogP) is 0.333. The van der Waals surface area contributed by atoms with Gasteiger partial charge in [-0.15, -0.1) is 0 Å². The molecule has 2 rings (SSSR count). The number of rotatable bonds is 3. The zero-order valence-corrected chi connectivity index (χ0v) is 11.5. The topological polar surface area (TPSA) is 70.7 Å². The zero-order valence-electron chi connectivity index (χ0n) is 11.5. The SMILES string of the molecule is CCOC(=O)N1CCC(NC(=O)C2CCNC2)CC1. The van der Waals surface area contributed by atoms with E-state index in [-0.39, 0.29) is 24.0 Å². The average Bonchev–Trinajstić information content (AvgIpc) is 2.94. The van der Waals surface area contributed by atoms with Crippen LogP contribution in [0.4, 0.5) is 4.79 Å². The van der Waals surface area contributed by atoms with E-state index in [1.165, 1.54) is 0 Å². The minimum atomic E-state index is -0.243. The summed E-state index contributed by atoms with van der Waals surface area (Å²) < 4.78 is 4.97. The second-order valence-electron chi connectivity index (χ2n) is 5.16. The Labute approximate surface area is 113 Å². The molecule has 0 spiro atoms. The molecule has 6 heteroatoms. The molecule has 1 unspecified atom stereocenters. The average molecular weight is 269 g/mol. The van der Waals surface area contributed by atoms with Crippen LogP contribution in [0.5, 0.6) is 0 Å². The first-order valence-electron chi connectivity index (χ1n) is 7.13. The maximum Gasteiger partial charge on any atom is 0.409 e. The van der Waals surface area contributed by atoms with Gasteiger partial charge in [-0.1, -0.05) is 0 Å². The fourth-order valence-corrected chi connectivity index (χ4v) is 2.62. The number of carbonyl (C=O) groups is 2. The van der Waals surface area contributed by atoms with Gasteiger partial charge in [0.1, 0.15) is 0 Å². The molecular weight excluding hydrogens is 246 g/mol. The smallest absolute Gasteiger partial charge is 0.409 e. The molecule has 6 nitrogen and oxygen atoms in total. The molecule has 0 aromatic heterocycles. The third-order valence-electron chi connectivity index (χ3n) is 3.80. The van der Waals surface area contributed by atoms with Gasteiger partial charge in [-0.05, 0) is 32.7 Å². The molecule has 2 heterocycles. The number of hydrogen-bond acceptors (Lipinski definition) is 4. The van der Waals surface area contributed by atoms with Gasteiger partial charge in [0.05, 0.1) is 12.5 Å². The lowest BCUT2D eigenvalue weighted by Gasteiger charge is -2.32. The van der Waals surface area contributed by atoms with Crippen LogP contribution in [0.15, 0.2) is 0 Å². The Kier molecular flexibility index (Phi) is 5.01. The van der Waals surface area contributed by atoms with Crippen LogP contribution < -0.4 is 10.6 Å². The lowest BCUT2D eigenvalue weighted by Crippen LogP contribution is -2.48. The summed E-state index contributed by atoms with van der Waals surface area (Å²) in [6, 6.07) is 0.193. The molecule has 2 saturated heterocycles. The highest BCUT2D eigenvalue weighted by Crippen LogP contribution is 2.14. The first-order valence-corrected chi connectivity index (χ1v) is 7.13. The normalized spacial score (nSPS) is 24.3. The molecular formula is C13H23N3O3. The van der Waals surface area contributed by atoms with Crippen LogP contribution in [0, 0.1) is 5.92 Å². The molecule has 0 bridgehead atoms. The molecule has 0 aromatic carbocycles. The molecule has 108 valence electrons.